The first-order chi connectivity index (χ1) is 13.5. The van der Waals surface area contributed by atoms with Crippen molar-refractivity contribution in [3.63, 3.8) is 0 Å². The number of likely N-dealkylation sites (tertiary alicyclic amines) is 1. The van der Waals surface area contributed by atoms with Gasteiger partial charge in [0.2, 0.25) is 11.8 Å². The van der Waals surface area contributed by atoms with Crippen molar-refractivity contribution in [1.29, 1.82) is 0 Å². The fourth-order valence-electron chi connectivity index (χ4n) is 4.20. The largest absolute Gasteiger partial charge is 0.356 e. The molecule has 1 aliphatic rings. The fourth-order valence-corrected chi connectivity index (χ4v) is 4.20. The molecule has 2 aromatic carbocycles. The van der Waals surface area contributed by atoms with E-state index in [0.717, 1.165) is 11.1 Å². The quantitative estimate of drug-likeness (QED) is 0.827. The Bertz CT molecular complexity index is 861. The van der Waals surface area contributed by atoms with Crippen molar-refractivity contribution >= 4 is 11.8 Å². The van der Waals surface area contributed by atoms with Gasteiger partial charge in [0.1, 0.15) is 0 Å². The molecule has 0 aromatic heterocycles. The molecule has 0 saturated carbocycles. The number of nitrogens with zero attached hydrogens (tertiary/aromatic N) is 1. The highest BCUT2D eigenvalue weighted by Crippen LogP contribution is 2.38. The number of hydrogen-bond acceptors (Lipinski definition) is 2. The standard InChI is InChI=1S/C24H30N2O2/c1-4-22(27)26-14-13-24(17-26,23(28)25-5-2)16-20-10-6-7-12-21(20)19-11-8-9-18(3)15-19/h6-12,15H,4-5,13-14,16-17H2,1-3H3,(H,25,28)/t24-/m0/s1. The molecule has 0 aliphatic carbocycles. The van der Waals surface area contributed by atoms with Gasteiger partial charge >= 0.3 is 0 Å². The maximum absolute atomic E-state index is 13.1. The third-order valence-electron chi connectivity index (χ3n) is 5.70. The van der Waals surface area contributed by atoms with Crippen LogP contribution in [-0.4, -0.2) is 36.3 Å². The molecule has 1 aliphatic heterocycles. The van der Waals surface area contributed by atoms with Crippen LogP contribution in [0.4, 0.5) is 0 Å². The number of nitrogens with one attached hydrogen (secondary N) is 1. The zero-order chi connectivity index (χ0) is 20.1. The first-order valence-electron chi connectivity index (χ1n) is 10.2. The highest BCUT2D eigenvalue weighted by molar-refractivity contribution is 5.86. The van der Waals surface area contributed by atoms with Gasteiger partial charge < -0.3 is 10.2 Å². The van der Waals surface area contributed by atoms with E-state index in [9.17, 15) is 9.59 Å². The number of benzene rings is 2. The number of amides is 2. The topological polar surface area (TPSA) is 49.4 Å². The molecular weight excluding hydrogens is 348 g/mol. The first-order valence-corrected chi connectivity index (χ1v) is 10.2. The van der Waals surface area contributed by atoms with Gasteiger partial charge in [-0.2, -0.15) is 0 Å². The van der Waals surface area contributed by atoms with Gasteiger partial charge in [0, 0.05) is 26.1 Å². The first kappa shape index (κ1) is 20.1. The molecule has 0 spiro atoms. The van der Waals surface area contributed by atoms with Crippen LogP contribution in [0.5, 0.6) is 0 Å². The third-order valence-corrected chi connectivity index (χ3v) is 5.70. The Hall–Kier alpha value is -2.62. The number of rotatable bonds is 6. The smallest absolute Gasteiger partial charge is 0.228 e. The molecule has 148 valence electrons. The molecule has 0 radical (unpaired) electrons. The molecule has 1 fully saturated rings. The monoisotopic (exact) mass is 378 g/mol. The van der Waals surface area contributed by atoms with Gasteiger partial charge in [-0.1, -0.05) is 61.0 Å². The molecule has 4 nitrogen and oxygen atoms in total. The van der Waals surface area contributed by atoms with E-state index in [4.69, 9.17) is 0 Å². The second-order valence-corrected chi connectivity index (χ2v) is 7.76. The van der Waals surface area contributed by atoms with E-state index < -0.39 is 5.41 Å². The molecule has 28 heavy (non-hydrogen) atoms. The van der Waals surface area contributed by atoms with Crippen LogP contribution in [0.15, 0.2) is 48.5 Å². The summed E-state index contributed by atoms with van der Waals surface area (Å²) in [5, 5.41) is 3.02. The molecule has 1 N–H and O–H groups in total. The second-order valence-electron chi connectivity index (χ2n) is 7.76. The van der Waals surface area contributed by atoms with Crippen molar-refractivity contribution in [2.24, 2.45) is 5.41 Å². The predicted octanol–water partition coefficient (Wildman–Crippen LogP) is 3.97. The number of carbonyl (C=O) groups is 2. The van der Waals surface area contributed by atoms with Crippen molar-refractivity contribution in [2.75, 3.05) is 19.6 Å². The average molecular weight is 379 g/mol. The van der Waals surface area contributed by atoms with Gasteiger partial charge in [-0.25, -0.2) is 0 Å². The van der Waals surface area contributed by atoms with E-state index in [2.05, 4.69) is 48.6 Å². The Morgan fingerprint density at radius 2 is 1.89 bits per heavy atom. The molecule has 4 heteroatoms. The van der Waals surface area contributed by atoms with Gasteiger partial charge in [-0.05, 0) is 43.4 Å². The minimum atomic E-state index is -0.569. The highest BCUT2D eigenvalue weighted by atomic mass is 16.2. The highest BCUT2D eigenvalue weighted by Gasteiger charge is 2.45. The van der Waals surface area contributed by atoms with Crippen molar-refractivity contribution < 1.29 is 9.59 Å². The van der Waals surface area contributed by atoms with Crippen LogP contribution >= 0.6 is 0 Å². The normalized spacial score (nSPS) is 18.9. The minimum absolute atomic E-state index is 0.0560. The zero-order valence-corrected chi connectivity index (χ0v) is 17.1. The van der Waals surface area contributed by atoms with Crippen LogP contribution in [0, 0.1) is 12.3 Å². The number of hydrogen-bond donors (Lipinski definition) is 1. The summed E-state index contributed by atoms with van der Waals surface area (Å²) in [5.41, 5.74) is 4.13. The summed E-state index contributed by atoms with van der Waals surface area (Å²) in [5.74, 6) is 0.179. The van der Waals surface area contributed by atoms with E-state index in [1.807, 2.05) is 30.9 Å². The van der Waals surface area contributed by atoms with Gasteiger partial charge in [0.15, 0.2) is 0 Å². The summed E-state index contributed by atoms with van der Waals surface area (Å²) in [6, 6.07) is 16.8. The molecule has 0 unspecified atom stereocenters. The van der Waals surface area contributed by atoms with Crippen LogP contribution < -0.4 is 5.32 Å². The lowest BCUT2D eigenvalue weighted by molar-refractivity contribution is -0.133. The van der Waals surface area contributed by atoms with Crippen molar-refractivity contribution in [3.05, 3.63) is 59.7 Å². The maximum atomic E-state index is 13.1. The van der Waals surface area contributed by atoms with E-state index >= 15 is 0 Å². The summed E-state index contributed by atoms with van der Waals surface area (Å²) in [6.45, 7) is 7.65. The number of aryl methyl sites for hydroxylation is 1. The Labute approximate surface area is 167 Å². The van der Waals surface area contributed by atoms with Crippen LogP contribution in [-0.2, 0) is 16.0 Å². The molecule has 1 heterocycles. The van der Waals surface area contributed by atoms with E-state index in [1.54, 1.807) is 0 Å². The van der Waals surface area contributed by atoms with Crippen molar-refractivity contribution in [3.8, 4) is 11.1 Å². The van der Waals surface area contributed by atoms with Crippen molar-refractivity contribution in [2.45, 2.75) is 40.0 Å². The molecule has 3 rings (SSSR count). The average Bonchev–Trinajstić information content (AvgIpc) is 3.13. The Balaban J connectivity index is 1.97. The van der Waals surface area contributed by atoms with Crippen LogP contribution in [0.2, 0.25) is 0 Å². The van der Waals surface area contributed by atoms with E-state index in [0.29, 0.717) is 38.9 Å². The Kier molecular flexibility index (Phi) is 6.18. The summed E-state index contributed by atoms with van der Waals surface area (Å²) in [6.07, 6.45) is 1.81. The van der Waals surface area contributed by atoms with Gasteiger partial charge in [0.25, 0.3) is 0 Å². The second kappa shape index (κ2) is 8.59. The maximum Gasteiger partial charge on any atom is 0.228 e. The van der Waals surface area contributed by atoms with E-state index in [-0.39, 0.29) is 11.8 Å². The van der Waals surface area contributed by atoms with Crippen LogP contribution in [0.25, 0.3) is 11.1 Å². The predicted molar refractivity (Wildman–Crippen MR) is 113 cm³/mol. The number of carbonyl (C=O) groups excluding carboxylic acids is 2. The summed E-state index contributed by atoms with van der Waals surface area (Å²) >= 11 is 0. The van der Waals surface area contributed by atoms with Crippen molar-refractivity contribution in [1.82, 2.24) is 10.2 Å². The van der Waals surface area contributed by atoms with Gasteiger partial charge in [-0.3, -0.25) is 9.59 Å². The SMILES string of the molecule is CCNC(=O)[C@]1(Cc2ccccc2-c2cccc(C)c2)CCN(C(=O)CC)C1. The Morgan fingerprint density at radius 1 is 1.11 bits per heavy atom. The molecule has 0 bridgehead atoms. The molecular formula is C24H30N2O2. The zero-order valence-electron chi connectivity index (χ0n) is 17.1. The molecule has 1 atom stereocenters. The van der Waals surface area contributed by atoms with Gasteiger partial charge in [0.05, 0.1) is 5.41 Å². The summed E-state index contributed by atoms with van der Waals surface area (Å²) in [4.78, 5) is 27.2. The summed E-state index contributed by atoms with van der Waals surface area (Å²) in [7, 11) is 0. The molecule has 2 amide bonds. The van der Waals surface area contributed by atoms with E-state index in [1.165, 1.54) is 11.1 Å². The van der Waals surface area contributed by atoms with Gasteiger partial charge in [-0.15, -0.1) is 0 Å². The summed E-state index contributed by atoms with van der Waals surface area (Å²) < 4.78 is 0. The lowest BCUT2D eigenvalue weighted by Crippen LogP contribution is -2.45. The third kappa shape index (κ3) is 4.11. The lowest BCUT2D eigenvalue weighted by atomic mass is 9.78. The van der Waals surface area contributed by atoms with Crippen LogP contribution in [0.1, 0.15) is 37.8 Å². The minimum Gasteiger partial charge on any atom is -0.356 e. The fraction of sp³-hybridized carbons (Fsp3) is 0.417. The van der Waals surface area contributed by atoms with Crippen LogP contribution in [0.3, 0.4) is 0 Å². The molecule has 1 saturated heterocycles. The Morgan fingerprint density at radius 3 is 2.61 bits per heavy atom. The lowest BCUT2D eigenvalue weighted by Gasteiger charge is -2.29. The molecule has 2 aromatic rings.